The van der Waals surface area contributed by atoms with Crippen molar-refractivity contribution in [1.82, 2.24) is 8.01 Å². The van der Waals surface area contributed by atoms with Crippen LogP contribution in [-0.4, -0.2) is 67.3 Å². The Balaban J connectivity index is 1.93. The molecule has 0 radical (unpaired) electrons. The number of aromatic carboxylic acids is 1. The number of amidine groups is 1. The number of aliphatic hydroxyl groups is 1. The minimum Gasteiger partial charge on any atom is -0.507 e. The maximum Gasteiger partial charge on any atom is 0.450 e. The zero-order valence-corrected chi connectivity index (χ0v) is 22.5. The number of ether oxygens (including phenoxy) is 1. The molecule has 0 aromatic heterocycles. The fourth-order valence-electron chi connectivity index (χ4n) is 3.99. The highest BCUT2D eigenvalue weighted by Crippen LogP contribution is 2.28. The summed E-state index contributed by atoms with van der Waals surface area (Å²) in [5.41, 5.74) is 0.933. The summed E-state index contributed by atoms with van der Waals surface area (Å²) in [4.78, 5) is 41.2. The molecule has 1 fully saturated rings. The van der Waals surface area contributed by atoms with Crippen molar-refractivity contribution in [2.45, 2.75) is 25.8 Å². The molecule has 2 aromatic carbocycles. The number of phenols is 1. The highest BCUT2D eigenvalue weighted by atomic mass is 127. The van der Waals surface area contributed by atoms with Crippen molar-refractivity contribution in [3.05, 3.63) is 58.1 Å². The monoisotopic (exact) mass is 630 g/mol. The Morgan fingerprint density at radius 3 is 2.58 bits per heavy atom. The molecule has 0 spiro atoms. The van der Waals surface area contributed by atoms with Crippen LogP contribution in [-0.2, 0) is 16.0 Å². The smallest absolute Gasteiger partial charge is 0.450 e. The summed E-state index contributed by atoms with van der Waals surface area (Å²) in [6, 6.07) is 8.04. The Kier molecular flexibility index (Phi) is 9.01. The van der Waals surface area contributed by atoms with Gasteiger partial charge in [0.25, 0.3) is 5.91 Å². The minimum atomic E-state index is -1.27. The van der Waals surface area contributed by atoms with Crippen molar-refractivity contribution in [2.75, 3.05) is 20.2 Å². The Labute approximate surface area is 226 Å². The number of halogens is 2. The van der Waals surface area contributed by atoms with Gasteiger partial charge >= 0.3 is 17.9 Å². The summed E-state index contributed by atoms with van der Waals surface area (Å²) >= 11 is 7.99. The van der Waals surface area contributed by atoms with Gasteiger partial charge in [-0.05, 0) is 54.3 Å². The lowest BCUT2D eigenvalue weighted by molar-refractivity contribution is -0.524. The second-order valence-corrected chi connectivity index (χ2v) is 9.83. The predicted molar refractivity (Wildman–Crippen MR) is 139 cm³/mol. The number of amides is 2. The molecule has 36 heavy (non-hydrogen) atoms. The third-order valence-corrected chi connectivity index (χ3v) is 7.06. The van der Waals surface area contributed by atoms with Gasteiger partial charge in [-0.3, -0.25) is 7.91 Å². The molecule has 1 saturated heterocycles. The summed E-state index contributed by atoms with van der Waals surface area (Å²) in [7, 11) is 1.51. The van der Waals surface area contributed by atoms with Crippen LogP contribution in [0.4, 0.5) is 0 Å². The van der Waals surface area contributed by atoms with Crippen LogP contribution in [0.1, 0.15) is 40.9 Å². The molecule has 0 saturated carbocycles. The van der Waals surface area contributed by atoms with Gasteiger partial charge in [-0.25, -0.2) is 14.6 Å². The number of rotatable bonds is 7. The van der Waals surface area contributed by atoms with Crippen LogP contribution >= 0.6 is 34.5 Å². The van der Waals surface area contributed by atoms with E-state index < -0.39 is 35.6 Å². The number of aliphatic hydroxyl groups excluding tert-OH is 1. The van der Waals surface area contributed by atoms with E-state index in [1.54, 1.807) is 18.2 Å². The molecule has 10 nitrogen and oxygen atoms in total. The van der Waals surface area contributed by atoms with Crippen LogP contribution < -0.4 is 9.73 Å². The van der Waals surface area contributed by atoms with Crippen LogP contribution in [0, 0.1) is 5.92 Å². The molecule has 2 atom stereocenters. The summed E-state index contributed by atoms with van der Waals surface area (Å²) in [5.74, 6) is -2.66. The van der Waals surface area contributed by atoms with Gasteiger partial charge in [0.05, 0.1) is 35.9 Å². The molecular weight excluding hydrogens is 605 g/mol. The van der Waals surface area contributed by atoms with Gasteiger partial charge in [-0.1, -0.05) is 24.6 Å². The maximum atomic E-state index is 13.5. The number of methoxy groups -OCH3 is 1. The Morgan fingerprint density at radius 1 is 1.25 bits per heavy atom. The number of carboxylic acids is 1. The topological polar surface area (TPSA) is 142 Å². The van der Waals surface area contributed by atoms with Crippen LogP contribution in [0.3, 0.4) is 0 Å². The summed E-state index contributed by atoms with van der Waals surface area (Å²) in [5, 5.41) is 30.6. The van der Waals surface area contributed by atoms with Gasteiger partial charge in [0, 0.05) is 11.6 Å². The number of nitrogens with zero attached hydrogens (tertiary/aromatic N) is 2. The van der Waals surface area contributed by atoms with Gasteiger partial charge in [-0.2, -0.15) is 4.90 Å². The number of carboxylic acid groups (broad SMARTS) is 1. The lowest BCUT2D eigenvalue weighted by atomic mass is 9.97. The van der Waals surface area contributed by atoms with Crippen molar-refractivity contribution in [1.29, 1.82) is 0 Å². The number of benzene rings is 2. The van der Waals surface area contributed by atoms with E-state index in [9.17, 15) is 24.6 Å². The van der Waals surface area contributed by atoms with Crippen LogP contribution in [0.25, 0.3) is 0 Å². The average Bonchev–Trinajstić information content (AvgIpc) is 2.94. The molecular formula is C24H26ClIN3O7+. The van der Waals surface area contributed by atoms with Crippen molar-refractivity contribution in [2.24, 2.45) is 5.92 Å². The van der Waals surface area contributed by atoms with Crippen molar-refractivity contribution in [3.63, 3.8) is 0 Å². The first-order valence-electron chi connectivity index (χ1n) is 11.0. The zero-order chi connectivity index (χ0) is 26.6. The third-order valence-electron chi connectivity index (χ3n) is 5.89. The molecule has 3 rings (SSSR count). The molecule has 4 N–H and O–H groups in total. The molecule has 2 unspecified atom stereocenters. The predicted octanol–water partition coefficient (Wildman–Crippen LogP) is 2.08. The largest absolute Gasteiger partial charge is 0.507 e. The SMILES string of the molecule is CCC([NH+]=C(O)N1CC(=O)N(I)CC(Cc2cc(Cl)ccc2OC)C1=O)c1ccc(C(=O)O)c(O)c1. The van der Waals surface area contributed by atoms with E-state index in [-0.39, 0.29) is 31.0 Å². The lowest BCUT2D eigenvalue weighted by Crippen LogP contribution is -2.78. The molecule has 192 valence electrons. The van der Waals surface area contributed by atoms with Crippen molar-refractivity contribution < 1.29 is 39.4 Å². The maximum absolute atomic E-state index is 13.5. The molecule has 1 heterocycles. The van der Waals surface area contributed by atoms with Crippen LogP contribution in [0.2, 0.25) is 5.02 Å². The highest BCUT2D eigenvalue weighted by Gasteiger charge is 2.42. The zero-order valence-electron chi connectivity index (χ0n) is 19.6. The Bertz CT molecular complexity index is 1210. The molecule has 2 amide bonds. The fraction of sp³-hybridized carbons (Fsp3) is 0.333. The van der Waals surface area contributed by atoms with Crippen LogP contribution in [0.15, 0.2) is 36.4 Å². The van der Waals surface area contributed by atoms with E-state index in [1.807, 2.05) is 29.8 Å². The molecule has 0 aliphatic carbocycles. The average molecular weight is 631 g/mol. The first-order chi connectivity index (χ1) is 17.0. The van der Waals surface area contributed by atoms with E-state index >= 15 is 0 Å². The number of carbonyl (C=O) groups is 3. The van der Waals surface area contributed by atoms with Gasteiger partial charge in [0.1, 0.15) is 23.1 Å². The minimum absolute atomic E-state index is 0.124. The second kappa shape index (κ2) is 11.8. The highest BCUT2D eigenvalue weighted by molar-refractivity contribution is 14.1. The van der Waals surface area contributed by atoms with Gasteiger partial charge in [-0.15, -0.1) is 0 Å². The van der Waals surface area contributed by atoms with Crippen LogP contribution in [0.5, 0.6) is 11.5 Å². The lowest BCUT2D eigenvalue weighted by Gasteiger charge is -2.18. The van der Waals surface area contributed by atoms with Gasteiger partial charge in [0.15, 0.2) is 6.54 Å². The van der Waals surface area contributed by atoms with E-state index in [0.717, 1.165) is 4.90 Å². The quantitative estimate of drug-likeness (QED) is 0.159. The second-order valence-electron chi connectivity index (χ2n) is 8.23. The molecule has 12 heteroatoms. The van der Waals surface area contributed by atoms with Gasteiger partial charge in [0.2, 0.25) is 0 Å². The van der Waals surface area contributed by atoms with Gasteiger partial charge < -0.3 is 20.1 Å². The van der Waals surface area contributed by atoms with E-state index in [4.69, 9.17) is 21.4 Å². The molecule has 2 aromatic rings. The number of nitrogens with one attached hydrogen (secondary N) is 1. The molecule has 1 aliphatic heterocycles. The Morgan fingerprint density at radius 2 is 1.97 bits per heavy atom. The fourth-order valence-corrected chi connectivity index (χ4v) is 4.81. The number of hydrogen-bond acceptors (Lipinski definition) is 5. The number of aromatic hydroxyl groups is 1. The molecule has 0 bridgehead atoms. The van der Waals surface area contributed by atoms with E-state index in [2.05, 4.69) is 4.99 Å². The van der Waals surface area contributed by atoms with Crippen molar-refractivity contribution in [3.8, 4) is 11.5 Å². The summed E-state index contributed by atoms with van der Waals surface area (Å²) in [6.45, 7) is 1.56. The number of hydrogen-bond donors (Lipinski definition) is 4. The van der Waals surface area contributed by atoms with Crippen molar-refractivity contribution >= 4 is 58.3 Å². The first-order valence-corrected chi connectivity index (χ1v) is 12.4. The third kappa shape index (κ3) is 6.19. The summed E-state index contributed by atoms with van der Waals surface area (Å²) < 4.78 is 6.80. The first kappa shape index (κ1) is 27.5. The standard InChI is InChI=1S/C24H25ClIN3O7/c1-3-18(13-4-6-17(23(33)34)19(30)10-13)27-24(35)28-12-21(31)29(26)11-15(22(28)32)8-14-9-16(25)5-7-20(14)36-2/h4-7,9-10,15,18,30H,3,8,11-12H2,1-2H3,(H,27,35)(H,33,34)/p+1. The normalized spacial score (nSPS) is 17.7. The molecule has 1 aliphatic rings. The Hall–Kier alpha value is -3.06. The van der Waals surface area contributed by atoms with E-state index in [1.165, 1.54) is 28.4 Å². The summed E-state index contributed by atoms with van der Waals surface area (Å²) in [6.07, 6.45) is 0.647. The number of carbonyl (C=O) groups excluding carboxylic acids is 2. The van der Waals surface area contributed by atoms with E-state index in [0.29, 0.717) is 28.3 Å².